The molecule has 0 aliphatic carbocycles. The number of piperazine rings is 1. The Morgan fingerprint density at radius 1 is 0.973 bits per heavy atom. The van der Waals surface area contributed by atoms with Crippen molar-refractivity contribution in [1.29, 1.82) is 0 Å². The highest BCUT2D eigenvalue weighted by Gasteiger charge is 2.32. The lowest BCUT2D eigenvalue weighted by atomic mass is 9.99. The molecule has 4 aromatic rings. The Hall–Kier alpha value is -4.05. The summed E-state index contributed by atoms with van der Waals surface area (Å²) in [5.74, 6) is -0.205. The molecule has 3 heterocycles. The average molecular weight is 506 g/mol. The second-order valence-electron chi connectivity index (χ2n) is 9.74. The van der Waals surface area contributed by atoms with Gasteiger partial charge in [0.15, 0.2) is 11.6 Å². The normalized spacial score (nSPS) is 15.6. The molecule has 0 radical (unpaired) electrons. The second-order valence-corrected chi connectivity index (χ2v) is 9.74. The monoisotopic (exact) mass is 505 g/mol. The number of likely N-dealkylation sites (N-methyl/N-ethyl adjacent to an activating group) is 1. The quantitative estimate of drug-likeness (QED) is 0.364. The minimum Gasteiger partial charge on any atom is -0.497 e. The van der Waals surface area contributed by atoms with Crippen molar-refractivity contribution in [3.8, 4) is 5.75 Å². The third kappa shape index (κ3) is 5.24. The summed E-state index contributed by atoms with van der Waals surface area (Å²) in [6, 6.07) is 11.5. The van der Waals surface area contributed by atoms with E-state index < -0.39 is 11.6 Å². The summed E-state index contributed by atoms with van der Waals surface area (Å²) < 4.78 is 32.7. The molecule has 37 heavy (non-hydrogen) atoms. The molecule has 192 valence electrons. The maximum atomic E-state index is 13.7. The molecule has 0 amide bonds. The molecule has 2 N–H and O–H groups in total. The van der Waals surface area contributed by atoms with Gasteiger partial charge in [-0.1, -0.05) is 0 Å². The maximum Gasteiger partial charge on any atom is 0.229 e. The van der Waals surface area contributed by atoms with Gasteiger partial charge in [-0.3, -0.25) is 9.88 Å². The number of pyridine rings is 1. The Morgan fingerprint density at radius 3 is 2.57 bits per heavy atom. The van der Waals surface area contributed by atoms with Gasteiger partial charge in [-0.05, 0) is 51.2 Å². The number of rotatable bonds is 6. The van der Waals surface area contributed by atoms with Gasteiger partial charge >= 0.3 is 0 Å². The number of hydrogen-bond donors (Lipinski definition) is 2. The summed E-state index contributed by atoms with van der Waals surface area (Å²) in [4.78, 5) is 17.9. The van der Waals surface area contributed by atoms with Crippen LogP contribution in [0.2, 0.25) is 0 Å². The van der Waals surface area contributed by atoms with Crippen molar-refractivity contribution in [3.05, 3.63) is 66.5 Å². The van der Waals surface area contributed by atoms with Gasteiger partial charge in [-0.25, -0.2) is 13.8 Å². The molecule has 1 fully saturated rings. The molecular weight excluding hydrogens is 476 g/mol. The van der Waals surface area contributed by atoms with Crippen LogP contribution in [0, 0.1) is 11.6 Å². The van der Waals surface area contributed by atoms with Gasteiger partial charge in [-0.15, -0.1) is 0 Å². The van der Waals surface area contributed by atoms with Gasteiger partial charge in [0.25, 0.3) is 0 Å². The first kappa shape index (κ1) is 24.6. The zero-order chi connectivity index (χ0) is 26.2. The average Bonchev–Trinajstić information content (AvgIpc) is 2.87. The first-order valence-electron chi connectivity index (χ1n) is 12.0. The van der Waals surface area contributed by atoms with Gasteiger partial charge in [0.2, 0.25) is 5.95 Å². The molecule has 2 aromatic heterocycles. The fourth-order valence-corrected chi connectivity index (χ4v) is 4.41. The summed E-state index contributed by atoms with van der Waals surface area (Å²) in [5.41, 5.74) is 2.86. The van der Waals surface area contributed by atoms with Crippen LogP contribution >= 0.6 is 0 Å². The largest absolute Gasteiger partial charge is 0.497 e. The van der Waals surface area contributed by atoms with Gasteiger partial charge in [0, 0.05) is 48.9 Å². The number of benzene rings is 2. The number of nitrogens with one attached hydrogen (secondary N) is 2. The molecule has 1 aliphatic heterocycles. The van der Waals surface area contributed by atoms with Crippen molar-refractivity contribution >= 4 is 39.7 Å². The van der Waals surface area contributed by atoms with E-state index in [0.29, 0.717) is 28.4 Å². The number of nitrogens with zero attached hydrogens (tertiary/aromatic N) is 5. The molecular formula is C27H29F2N7O. The minimum atomic E-state index is -0.927. The first-order chi connectivity index (χ1) is 17.7. The molecule has 0 bridgehead atoms. The van der Waals surface area contributed by atoms with Crippen LogP contribution in [0.4, 0.5) is 37.6 Å². The van der Waals surface area contributed by atoms with E-state index in [4.69, 9.17) is 4.74 Å². The zero-order valence-corrected chi connectivity index (χ0v) is 21.2. The van der Waals surface area contributed by atoms with E-state index in [1.165, 1.54) is 0 Å². The van der Waals surface area contributed by atoms with Crippen LogP contribution in [0.15, 0.2) is 54.9 Å². The highest BCUT2D eigenvalue weighted by molar-refractivity contribution is 5.82. The number of halogens is 2. The van der Waals surface area contributed by atoms with E-state index in [2.05, 4.69) is 56.3 Å². The van der Waals surface area contributed by atoms with Crippen molar-refractivity contribution in [2.45, 2.75) is 19.4 Å². The molecule has 0 saturated carbocycles. The SMILES string of the molecule is COc1ccc(N2CCN(C)C(C)(C)C2)c(Nc2nccc(Nc3cnc4cc(F)c(F)cc4c3)n2)c1. The molecule has 1 saturated heterocycles. The summed E-state index contributed by atoms with van der Waals surface area (Å²) in [5, 5.41) is 6.99. The number of fused-ring (bicyclic) bond motifs is 1. The van der Waals surface area contributed by atoms with Gasteiger partial charge < -0.3 is 20.3 Å². The molecule has 8 nitrogen and oxygen atoms in total. The van der Waals surface area contributed by atoms with Crippen molar-refractivity contribution in [2.75, 3.05) is 49.3 Å². The summed E-state index contributed by atoms with van der Waals surface area (Å²) >= 11 is 0. The fraction of sp³-hybridized carbons (Fsp3) is 0.296. The summed E-state index contributed by atoms with van der Waals surface area (Å²) in [7, 11) is 3.79. The molecule has 2 aromatic carbocycles. The number of methoxy groups -OCH3 is 1. The lowest BCUT2D eigenvalue weighted by Crippen LogP contribution is -2.57. The standard InChI is InChI=1S/C27H29F2N7O/c1-27(2)16-36(10-9-35(27)3)24-6-5-19(37-4)13-23(24)33-26-30-8-7-25(34-26)32-18-11-17-12-20(28)21(29)14-22(17)31-15-18/h5-8,11-15H,9-10,16H2,1-4H3,(H2,30,32,33,34). The topological polar surface area (TPSA) is 78.4 Å². The molecule has 10 heteroatoms. The Kier molecular flexibility index (Phi) is 6.51. The predicted molar refractivity (Wildman–Crippen MR) is 142 cm³/mol. The van der Waals surface area contributed by atoms with Crippen molar-refractivity contribution < 1.29 is 13.5 Å². The Bertz CT molecular complexity index is 1450. The third-order valence-corrected chi connectivity index (χ3v) is 6.76. The van der Waals surface area contributed by atoms with Crippen LogP contribution in [0.1, 0.15) is 13.8 Å². The highest BCUT2D eigenvalue weighted by atomic mass is 19.2. The van der Waals surface area contributed by atoms with Crippen LogP contribution in [-0.2, 0) is 0 Å². The van der Waals surface area contributed by atoms with Crippen molar-refractivity contribution in [2.24, 2.45) is 0 Å². The smallest absolute Gasteiger partial charge is 0.229 e. The summed E-state index contributed by atoms with van der Waals surface area (Å²) in [6.45, 7) is 7.18. The fourth-order valence-electron chi connectivity index (χ4n) is 4.41. The molecule has 0 spiro atoms. The first-order valence-corrected chi connectivity index (χ1v) is 12.0. The van der Waals surface area contributed by atoms with Gasteiger partial charge in [0.1, 0.15) is 11.6 Å². The van der Waals surface area contributed by atoms with Crippen LogP contribution < -0.4 is 20.3 Å². The number of ether oxygens (including phenoxy) is 1. The lowest BCUT2D eigenvalue weighted by Gasteiger charge is -2.46. The lowest BCUT2D eigenvalue weighted by molar-refractivity contribution is 0.139. The molecule has 0 unspecified atom stereocenters. The van der Waals surface area contributed by atoms with Crippen LogP contribution in [-0.4, -0.2) is 59.2 Å². The number of aromatic nitrogens is 3. The van der Waals surface area contributed by atoms with E-state index in [-0.39, 0.29) is 5.54 Å². The van der Waals surface area contributed by atoms with E-state index >= 15 is 0 Å². The van der Waals surface area contributed by atoms with Crippen LogP contribution in [0.5, 0.6) is 5.75 Å². The van der Waals surface area contributed by atoms with E-state index in [0.717, 1.165) is 48.9 Å². The van der Waals surface area contributed by atoms with E-state index in [1.54, 1.807) is 31.6 Å². The van der Waals surface area contributed by atoms with Crippen LogP contribution in [0.3, 0.4) is 0 Å². The predicted octanol–water partition coefficient (Wildman–Crippen LogP) is 5.33. The molecule has 1 aliphatic rings. The summed E-state index contributed by atoms with van der Waals surface area (Å²) in [6.07, 6.45) is 3.18. The molecule has 5 rings (SSSR count). The number of anilines is 5. The maximum absolute atomic E-state index is 13.7. The Morgan fingerprint density at radius 2 is 1.78 bits per heavy atom. The van der Waals surface area contributed by atoms with Crippen LogP contribution in [0.25, 0.3) is 10.9 Å². The van der Waals surface area contributed by atoms with Crippen molar-refractivity contribution in [1.82, 2.24) is 19.9 Å². The van der Waals surface area contributed by atoms with E-state index in [1.807, 2.05) is 18.2 Å². The van der Waals surface area contributed by atoms with Gasteiger partial charge in [-0.2, -0.15) is 4.98 Å². The number of hydrogen-bond acceptors (Lipinski definition) is 8. The van der Waals surface area contributed by atoms with Gasteiger partial charge in [0.05, 0.1) is 35.9 Å². The third-order valence-electron chi connectivity index (χ3n) is 6.76. The van der Waals surface area contributed by atoms with E-state index in [9.17, 15) is 8.78 Å². The Balaban J connectivity index is 1.40. The zero-order valence-electron chi connectivity index (χ0n) is 21.2. The van der Waals surface area contributed by atoms with Crippen molar-refractivity contribution in [3.63, 3.8) is 0 Å². The second kappa shape index (κ2) is 9.78. The Labute approximate surface area is 214 Å². The highest BCUT2D eigenvalue weighted by Crippen LogP contribution is 2.35. The minimum absolute atomic E-state index is 0.0262. The molecule has 0 atom stereocenters.